The molecule has 0 aromatic heterocycles. The van der Waals surface area contributed by atoms with Gasteiger partial charge in [-0.15, -0.1) is 6.58 Å². The van der Waals surface area contributed by atoms with Crippen molar-refractivity contribution in [3.63, 3.8) is 0 Å². The second-order valence-corrected chi connectivity index (χ2v) is 15.1. The molecule has 0 heterocycles. The Morgan fingerprint density at radius 1 is 1.07 bits per heavy atom. The van der Waals surface area contributed by atoms with Gasteiger partial charge < -0.3 is 4.43 Å². The first kappa shape index (κ1) is 15.1. The monoisotopic (exact) mass is 244 g/mol. The molecule has 0 bridgehead atoms. The fraction of sp³-hybridized carbons (Fsp3) is 0.833. The van der Waals surface area contributed by atoms with Crippen LogP contribution in [0.3, 0.4) is 0 Å². The van der Waals surface area contributed by atoms with Gasteiger partial charge in [0, 0.05) is 5.22 Å². The Labute approximate surface area is 98.1 Å². The van der Waals surface area contributed by atoms with E-state index in [1.54, 1.807) is 0 Å². The summed E-state index contributed by atoms with van der Waals surface area (Å²) < 4.78 is 6.52. The van der Waals surface area contributed by atoms with Crippen LogP contribution in [0.15, 0.2) is 12.3 Å². The third-order valence-electron chi connectivity index (χ3n) is 3.46. The second kappa shape index (κ2) is 4.98. The summed E-state index contributed by atoms with van der Waals surface area (Å²) >= 11 is 0. The van der Waals surface area contributed by atoms with E-state index in [0.717, 1.165) is 12.8 Å². The highest BCUT2D eigenvalue weighted by Crippen LogP contribution is 2.34. The molecule has 0 fully saturated rings. The lowest BCUT2D eigenvalue weighted by atomic mass is 10.2. The molecule has 0 aliphatic heterocycles. The molecule has 0 atom stereocenters. The molecule has 15 heavy (non-hydrogen) atoms. The summed E-state index contributed by atoms with van der Waals surface area (Å²) in [5, 5.41) is 0.136. The smallest absolute Gasteiger partial charge is 0.210 e. The van der Waals surface area contributed by atoms with Gasteiger partial charge in [-0.05, 0) is 25.9 Å². The van der Waals surface area contributed by atoms with E-state index < -0.39 is 16.4 Å². The van der Waals surface area contributed by atoms with Crippen molar-refractivity contribution in [2.75, 3.05) is 0 Å². The van der Waals surface area contributed by atoms with Crippen molar-refractivity contribution in [3.8, 4) is 0 Å². The van der Waals surface area contributed by atoms with Crippen molar-refractivity contribution >= 4 is 16.4 Å². The van der Waals surface area contributed by atoms with Gasteiger partial charge in [0.2, 0.25) is 8.32 Å². The SMILES string of the molecule is C=C[Si](C)(C)OC(CC)(CC)[Si](C)(C)C. The van der Waals surface area contributed by atoms with Crippen LogP contribution in [0.25, 0.3) is 0 Å². The van der Waals surface area contributed by atoms with E-state index in [4.69, 9.17) is 4.43 Å². The van der Waals surface area contributed by atoms with Gasteiger partial charge in [0.15, 0.2) is 0 Å². The lowest BCUT2D eigenvalue weighted by molar-refractivity contribution is 0.128. The number of hydrogen-bond donors (Lipinski definition) is 0. The van der Waals surface area contributed by atoms with Gasteiger partial charge >= 0.3 is 0 Å². The molecule has 0 aromatic carbocycles. The van der Waals surface area contributed by atoms with Crippen LogP contribution in [0, 0.1) is 0 Å². The van der Waals surface area contributed by atoms with Crippen LogP contribution in [0.2, 0.25) is 32.7 Å². The molecule has 0 aliphatic carbocycles. The average molecular weight is 245 g/mol. The van der Waals surface area contributed by atoms with Gasteiger partial charge in [0.1, 0.15) is 0 Å². The zero-order valence-electron chi connectivity index (χ0n) is 11.6. The minimum Gasteiger partial charge on any atom is -0.411 e. The van der Waals surface area contributed by atoms with E-state index in [2.05, 4.69) is 53.2 Å². The Morgan fingerprint density at radius 2 is 1.47 bits per heavy atom. The van der Waals surface area contributed by atoms with Crippen molar-refractivity contribution in [1.82, 2.24) is 0 Å². The Balaban J connectivity index is 5.05. The summed E-state index contributed by atoms with van der Waals surface area (Å²) in [7, 11) is -2.96. The molecule has 0 spiro atoms. The first-order valence-corrected chi connectivity index (χ1v) is 12.5. The molecule has 0 rings (SSSR count). The van der Waals surface area contributed by atoms with Crippen molar-refractivity contribution < 1.29 is 4.43 Å². The van der Waals surface area contributed by atoms with Crippen LogP contribution in [0.4, 0.5) is 0 Å². The minimum absolute atomic E-state index is 0.136. The van der Waals surface area contributed by atoms with Crippen LogP contribution >= 0.6 is 0 Å². The fourth-order valence-electron chi connectivity index (χ4n) is 2.15. The topological polar surface area (TPSA) is 9.23 Å². The molecule has 0 aromatic rings. The number of rotatable bonds is 6. The molecule has 90 valence electrons. The zero-order valence-corrected chi connectivity index (χ0v) is 13.6. The van der Waals surface area contributed by atoms with Gasteiger partial charge in [-0.2, -0.15) is 0 Å². The fourth-order valence-corrected chi connectivity index (χ4v) is 7.67. The van der Waals surface area contributed by atoms with E-state index in [-0.39, 0.29) is 5.22 Å². The van der Waals surface area contributed by atoms with Crippen molar-refractivity contribution in [2.24, 2.45) is 0 Å². The van der Waals surface area contributed by atoms with Crippen LogP contribution in [0.1, 0.15) is 26.7 Å². The average Bonchev–Trinajstić information content (AvgIpc) is 2.12. The van der Waals surface area contributed by atoms with Crippen molar-refractivity contribution in [3.05, 3.63) is 12.3 Å². The van der Waals surface area contributed by atoms with Gasteiger partial charge in [-0.25, -0.2) is 0 Å². The van der Waals surface area contributed by atoms with Crippen LogP contribution < -0.4 is 0 Å². The molecule has 1 nitrogen and oxygen atoms in total. The van der Waals surface area contributed by atoms with Crippen LogP contribution in [0.5, 0.6) is 0 Å². The predicted octanol–water partition coefficient (Wildman–Crippen LogP) is 4.37. The van der Waals surface area contributed by atoms with Gasteiger partial charge in [-0.3, -0.25) is 0 Å². The first-order chi connectivity index (χ1) is 6.64. The molecular weight excluding hydrogens is 216 g/mol. The molecule has 0 amide bonds. The Kier molecular flexibility index (Phi) is 5.02. The van der Waals surface area contributed by atoms with Gasteiger partial charge in [-0.1, -0.05) is 39.2 Å². The predicted molar refractivity (Wildman–Crippen MR) is 75.4 cm³/mol. The van der Waals surface area contributed by atoms with Gasteiger partial charge in [0.25, 0.3) is 0 Å². The summed E-state index contributed by atoms with van der Waals surface area (Å²) in [6.45, 7) is 20.1. The quantitative estimate of drug-likeness (QED) is 0.631. The molecule has 0 saturated heterocycles. The lowest BCUT2D eigenvalue weighted by Gasteiger charge is -2.46. The molecule has 0 N–H and O–H groups in total. The third kappa shape index (κ3) is 3.57. The summed E-state index contributed by atoms with van der Waals surface area (Å²) in [6, 6.07) is 0. The Hall–Kier alpha value is 0.134. The van der Waals surface area contributed by atoms with E-state index >= 15 is 0 Å². The highest BCUT2D eigenvalue weighted by Gasteiger charge is 2.44. The van der Waals surface area contributed by atoms with Crippen LogP contribution in [-0.2, 0) is 4.43 Å². The van der Waals surface area contributed by atoms with Crippen molar-refractivity contribution in [1.29, 1.82) is 0 Å². The second-order valence-electron chi connectivity index (χ2n) is 5.86. The molecule has 0 unspecified atom stereocenters. The maximum atomic E-state index is 6.52. The molecular formula is C12H28OSi2. The molecule has 0 saturated carbocycles. The normalized spacial score (nSPS) is 14.1. The van der Waals surface area contributed by atoms with Crippen molar-refractivity contribution in [2.45, 2.75) is 64.6 Å². The summed E-state index contributed by atoms with van der Waals surface area (Å²) in [4.78, 5) is 0. The highest BCUT2D eigenvalue weighted by atomic mass is 28.4. The summed E-state index contributed by atoms with van der Waals surface area (Å²) in [5.74, 6) is 0. The largest absolute Gasteiger partial charge is 0.411 e. The zero-order chi connectivity index (χ0) is 12.3. The number of hydrogen-bond acceptors (Lipinski definition) is 1. The molecule has 0 aliphatic rings. The molecule has 0 radical (unpaired) electrons. The summed E-state index contributed by atoms with van der Waals surface area (Å²) in [5.41, 5.74) is 2.05. The Bertz CT molecular complexity index is 212. The van der Waals surface area contributed by atoms with E-state index in [0.29, 0.717) is 0 Å². The van der Waals surface area contributed by atoms with E-state index in [1.165, 1.54) is 0 Å². The van der Waals surface area contributed by atoms with Gasteiger partial charge in [0.05, 0.1) is 8.07 Å². The highest BCUT2D eigenvalue weighted by molar-refractivity contribution is 6.82. The first-order valence-electron chi connectivity index (χ1n) is 5.98. The molecule has 3 heteroatoms. The Morgan fingerprint density at radius 3 is 1.67 bits per heavy atom. The van der Waals surface area contributed by atoms with Crippen LogP contribution in [-0.4, -0.2) is 21.6 Å². The third-order valence-corrected chi connectivity index (χ3v) is 9.11. The minimum atomic E-state index is -1.67. The summed E-state index contributed by atoms with van der Waals surface area (Å²) in [6.07, 6.45) is 2.26. The van der Waals surface area contributed by atoms with E-state index in [1.807, 2.05) is 5.70 Å². The lowest BCUT2D eigenvalue weighted by Crippen LogP contribution is -2.58. The maximum Gasteiger partial charge on any atom is 0.210 e. The standard InChI is InChI=1S/C12H28OSi2/c1-9-12(10-2,14(4,5)6)13-15(7,8)11-3/h11H,3,9-10H2,1-2,4-8H3. The maximum absolute atomic E-state index is 6.52. The van der Waals surface area contributed by atoms with E-state index in [9.17, 15) is 0 Å².